The molecule has 2 rings (SSSR count). The van der Waals surface area contributed by atoms with Crippen LogP contribution in [0.4, 0.5) is 0 Å². The molecule has 0 radical (unpaired) electrons. The highest BCUT2D eigenvalue weighted by Crippen LogP contribution is 2.10. The number of rotatable bonds is 3. The number of carbonyl (C=O) groups excluding carboxylic acids is 1. The standard InChI is InChI=1S/C16H15ClN2O/c1-11-3-4-14(12(2)9-11)10-18-19-16(20)13-5-7-15(17)8-6-13/h3-10H,1-2H3,(H,19,20). The molecule has 102 valence electrons. The maximum atomic E-state index is 11.8. The molecule has 0 aromatic heterocycles. The van der Waals surface area contributed by atoms with Crippen LogP contribution in [0.3, 0.4) is 0 Å². The summed E-state index contributed by atoms with van der Waals surface area (Å²) < 4.78 is 0. The molecule has 0 saturated carbocycles. The molecule has 2 aromatic carbocycles. The van der Waals surface area contributed by atoms with Crippen LogP contribution < -0.4 is 5.43 Å². The molecule has 0 atom stereocenters. The quantitative estimate of drug-likeness (QED) is 0.678. The third-order valence-corrected chi connectivity index (χ3v) is 3.15. The van der Waals surface area contributed by atoms with Crippen LogP contribution in [0.1, 0.15) is 27.0 Å². The summed E-state index contributed by atoms with van der Waals surface area (Å²) in [6.45, 7) is 4.05. The average molecular weight is 287 g/mol. The van der Waals surface area contributed by atoms with Gasteiger partial charge in [-0.2, -0.15) is 5.10 Å². The van der Waals surface area contributed by atoms with Crippen LogP contribution in [0, 0.1) is 13.8 Å². The van der Waals surface area contributed by atoms with Gasteiger partial charge in [-0.25, -0.2) is 5.43 Å². The fourth-order valence-corrected chi connectivity index (χ4v) is 1.92. The normalized spacial score (nSPS) is 10.8. The molecule has 4 heteroatoms. The first-order chi connectivity index (χ1) is 9.56. The Labute approximate surface area is 123 Å². The summed E-state index contributed by atoms with van der Waals surface area (Å²) in [5.74, 6) is -0.261. The van der Waals surface area contributed by atoms with Crippen molar-refractivity contribution in [3.63, 3.8) is 0 Å². The molecule has 0 bridgehead atoms. The van der Waals surface area contributed by atoms with Crippen LogP contribution in [0.2, 0.25) is 5.02 Å². The Bertz CT molecular complexity index is 648. The zero-order chi connectivity index (χ0) is 14.5. The minimum Gasteiger partial charge on any atom is -0.267 e. The van der Waals surface area contributed by atoms with Crippen LogP contribution in [0.15, 0.2) is 47.6 Å². The molecule has 1 amide bonds. The zero-order valence-corrected chi connectivity index (χ0v) is 12.1. The Morgan fingerprint density at radius 1 is 1.15 bits per heavy atom. The van der Waals surface area contributed by atoms with E-state index in [0.717, 1.165) is 11.1 Å². The minimum absolute atomic E-state index is 0.261. The van der Waals surface area contributed by atoms with Gasteiger partial charge in [-0.15, -0.1) is 0 Å². The lowest BCUT2D eigenvalue weighted by molar-refractivity contribution is 0.0955. The number of benzene rings is 2. The van der Waals surface area contributed by atoms with Crippen molar-refractivity contribution in [1.82, 2.24) is 5.43 Å². The van der Waals surface area contributed by atoms with E-state index in [2.05, 4.69) is 16.6 Å². The third kappa shape index (κ3) is 3.68. The number of carbonyl (C=O) groups is 1. The lowest BCUT2D eigenvalue weighted by Gasteiger charge is -2.02. The highest BCUT2D eigenvalue weighted by molar-refractivity contribution is 6.30. The van der Waals surface area contributed by atoms with Crippen molar-refractivity contribution < 1.29 is 4.79 Å². The molecular formula is C16H15ClN2O. The second kappa shape index (κ2) is 6.35. The fraction of sp³-hybridized carbons (Fsp3) is 0.125. The summed E-state index contributed by atoms with van der Waals surface area (Å²) in [6.07, 6.45) is 1.64. The smallest absolute Gasteiger partial charge is 0.267 e. The van der Waals surface area contributed by atoms with Crippen LogP contribution in [-0.2, 0) is 0 Å². The molecule has 1 N–H and O–H groups in total. The van der Waals surface area contributed by atoms with Crippen molar-refractivity contribution in [2.75, 3.05) is 0 Å². The van der Waals surface area contributed by atoms with E-state index in [1.807, 2.05) is 26.0 Å². The van der Waals surface area contributed by atoms with Gasteiger partial charge >= 0.3 is 0 Å². The van der Waals surface area contributed by atoms with Crippen LogP contribution in [0.5, 0.6) is 0 Å². The Kier molecular flexibility index (Phi) is 4.53. The van der Waals surface area contributed by atoms with Gasteiger partial charge in [-0.05, 0) is 49.2 Å². The van der Waals surface area contributed by atoms with Gasteiger partial charge < -0.3 is 0 Å². The summed E-state index contributed by atoms with van der Waals surface area (Å²) in [7, 11) is 0. The van der Waals surface area contributed by atoms with E-state index in [1.165, 1.54) is 5.56 Å². The summed E-state index contributed by atoms with van der Waals surface area (Å²) in [6, 6.07) is 12.7. The number of amides is 1. The highest BCUT2D eigenvalue weighted by Gasteiger charge is 2.03. The van der Waals surface area contributed by atoms with Crippen LogP contribution in [0.25, 0.3) is 0 Å². The fourth-order valence-electron chi connectivity index (χ4n) is 1.80. The summed E-state index contributed by atoms with van der Waals surface area (Å²) in [5.41, 5.74) is 6.31. The molecule has 0 aliphatic carbocycles. The molecule has 0 heterocycles. The van der Waals surface area contributed by atoms with E-state index < -0.39 is 0 Å². The van der Waals surface area contributed by atoms with E-state index >= 15 is 0 Å². The van der Waals surface area contributed by atoms with Crippen LogP contribution in [-0.4, -0.2) is 12.1 Å². The monoisotopic (exact) mass is 286 g/mol. The van der Waals surface area contributed by atoms with Gasteiger partial charge in [0.25, 0.3) is 5.91 Å². The number of hydrogen-bond donors (Lipinski definition) is 1. The van der Waals surface area contributed by atoms with Crippen molar-refractivity contribution in [2.24, 2.45) is 5.10 Å². The summed E-state index contributed by atoms with van der Waals surface area (Å²) in [5, 5.41) is 4.57. The van der Waals surface area contributed by atoms with Crippen molar-refractivity contribution in [1.29, 1.82) is 0 Å². The average Bonchev–Trinajstić information content (AvgIpc) is 2.42. The predicted octanol–water partition coefficient (Wildman–Crippen LogP) is 3.72. The van der Waals surface area contributed by atoms with Gasteiger partial charge in [0.05, 0.1) is 6.21 Å². The number of hydrogen-bond acceptors (Lipinski definition) is 2. The second-order valence-electron chi connectivity index (χ2n) is 4.57. The molecule has 3 nitrogen and oxygen atoms in total. The van der Waals surface area contributed by atoms with Gasteiger partial charge in [-0.1, -0.05) is 35.4 Å². The number of hydrazone groups is 1. The van der Waals surface area contributed by atoms with Crippen molar-refractivity contribution in [3.8, 4) is 0 Å². The first kappa shape index (κ1) is 14.3. The Hall–Kier alpha value is -2.13. The zero-order valence-electron chi connectivity index (χ0n) is 11.4. The van der Waals surface area contributed by atoms with Gasteiger partial charge in [0.15, 0.2) is 0 Å². The molecule has 2 aromatic rings. The van der Waals surface area contributed by atoms with E-state index in [9.17, 15) is 4.79 Å². The molecular weight excluding hydrogens is 272 g/mol. The van der Waals surface area contributed by atoms with E-state index in [4.69, 9.17) is 11.6 Å². The molecule has 20 heavy (non-hydrogen) atoms. The Morgan fingerprint density at radius 2 is 1.85 bits per heavy atom. The van der Waals surface area contributed by atoms with Gasteiger partial charge in [0.2, 0.25) is 0 Å². The lowest BCUT2D eigenvalue weighted by Crippen LogP contribution is -2.17. The molecule has 0 aliphatic rings. The Balaban J connectivity index is 2.02. The van der Waals surface area contributed by atoms with Crippen molar-refractivity contribution >= 4 is 23.7 Å². The van der Waals surface area contributed by atoms with Crippen LogP contribution >= 0.6 is 11.6 Å². The van der Waals surface area contributed by atoms with Gasteiger partial charge in [-0.3, -0.25) is 4.79 Å². The summed E-state index contributed by atoms with van der Waals surface area (Å²) >= 11 is 5.77. The maximum absolute atomic E-state index is 11.8. The first-order valence-corrected chi connectivity index (χ1v) is 6.60. The molecule has 0 spiro atoms. The van der Waals surface area contributed by atoms with E-state index in [1.54, 1.807) is 30.5 Å². The number of halogens is 1. The van der Waals surface area contributed by atoms with E-state index in [-0.39, 0.29) is 5.91 Å². The predicted molar refractivity (Wildman–Crippen MR) is 82.4 cm³/mol. The molecule has 0 saturated heterocycles. The topological polar surface area (TPSA) is 41.5 Å². The SMILES string of the molecule is Cc1ccc(C=NNC(=O)c2ccc(Cl)cc2)c(C)c1. The lowest BCUT2D eigenvalue weighted by atomic mass is 10.1. The van der Waals surface area contributed by atoms with Crippen molar-refractivity contribution in [3.05, 3.63) is 69.7 Å². The van der Waals surface area contributed by atoms with E-state index in [0.29, 0.717) is 10.6 Å². The molecule has 0 fully saturated rings. The number of aryl methyl sites for hydroxylation is 2. The minimum atomic E-state index is -0.261. The Morgan fingerprint density at radius 3 is 2.50 bits per heavy atom. The summed E-state index contributed by atoms with van der Waals surface area (Å²) in [4.78, 5) is 11.8. The highest BCUT2D eigenvalue weighted by atomic mass is 35.5. The second-order valence-corrected chi connectivity index (χ2v) is 5.00. The van der Waals surface area contributed by atoms with Gasteiger partial charge in [0.1, 0.15) is 0 Å². The van der Waals surface area contributed by atoms with Crippen molar-refractivity contribution in [2.45, 2.75) is 13.8 Å². The number of nitrogens with zero attached hydrogens (tertiary/aromatic N) is 1. The maximum Gasteiger partial charge on any atom is 0.271 e. The largest absolute Gasteiger partial charge is 0.271 e. The molecule has 0 unspecified atom stereocenters. The third-order valence-electron chi connectivity index (χ3n) is 2.90. The molecule has 0 aliphatic heterocycles. The van der Waals surface area contributed by atoms with Gasteiger partial charge in [0, 0.05) is 10.6 Å². The first-order valence-electron chi connectivity index (χ1n) is 6.22. The number of nitrogens with one attached hydrogen (secondary N) is 1.